The van der Waals surface area contributed by atoms with Gasteiger partial charge in [-0.1, -0.05) is 12.8 Å². The number of hydrogen-bond acceptors (Lipinski definition) is 4. The van der Waals surface area contributed by atoms with Crippen LogP contribution in [-0.2, 0) is 13.6 Å². The maximum absolute atomic E-state index is 9.30. The molecule has 0 spiro atoms. The second-order valence-corrected chi connectivity index (χ2v) is 4.51. The minimum atomic E-state index is 0.288. The van der Waals surface area contributed by atoms with Gasteiger partial charge in [-0.2, -0.15) is 5.10 Å². The van der Waals surface area contributed by atoms with E-state index in [9.17, 15) is 5.11 Å². The Bertz CT molecular complexity index is 326. The van der Waals surface area contributed by atoms with Crippen molar-refractivity contribution in [1.82, 2.24) is 20.1 Å². The van der Waals surface area contributed by atoms with E-state index in [1.54, 1.807) is 11.0 Å². The fraction of sp³-hybridized carbons (Fsp3) is 0.818. The first kappa shape index (κ1) is 11.5. The van der Waals surface area contributed by atoms with Crippen LogP contribution in [0.3, 0.4) is 0 Å². The summed E-state index contributed by atoms with van der Waals surface area (Å²) in [6.07, 6.45) is 6.36. The van der Waals surface area contributed by atoms with Gasteiger partial charge in [0.15, 0.2) is 0 Å². The molecule has 0 unspecified atom stereocenters. The summed E-state index contributed by atoms with van der Waals surface area (Å²) in [4.78, 5) is 4.18. The summed E-state index contributed by atoms with van der Waals surface area (Å²) in [6, 6.07) is 0.426. The Morgan fingerprint density at radius 3 is 3.00 bits per heavy atom. The molecule has 0 aromatic carbocycles. The van der Waals surface area contributed by atoms with E-state index < -0.39 is 0 Å². The Labute approximate surface area is 95.9 Å². The van der Waals surface area contributed by atoms with Gasteiger partial charge in [0.1, 0.15) is 12.2 Å². The lowest BCUT2D eigenvalue weighted by atomic mass is 9.85. The van der Waals surface area contributed by atoms with Crippen LogP contribution >= 0.6 is 0 Å². The first-order valence-electron chi connectivity index (χ1n) is 5.98. The van der Waals surface area contributed by atoms with Gasteiger partial charge >= 0.3 is 0 Å². The molecule has 0 saturated heterocycles. The molecular weight excluding hydrogens is 204 g/mol. The zero-order valence-electron chi connectivity index (χ0n) is 9.76. The average molecular weight is 224 g/mol. The van der Waals surface area contributed by atoms with E-state index >= 15 is 0 Å². The monoisotopic (exact) mass is 224 g/mol. The van der Waals surface area contributed by atoms with E-state index in [2.05, 4.69) is 15.4 Å². The van der Waals surface area contributed by atoms with Crippen LogP contribution in [0.1, 0.15) is 31.5 Å². The van der Waals surface area contributed by atoms with Crippen LogP contribution in [0.2, 0.25) is 0 Å². The predicted octanol–water partition coefficient (Wildman–Crippen LogP) is 0.456. The zero-order valence-corrected chi connectivity index (χ0v) is 9.76. The van der Waals surface area contributed by atoms with E-state index in [0.29, 0.717) is 12.0 Å². The molecule has 16 heavy (non-hydrogen) atoms. The van der Waals surface area contributed by atoms with E-state index in [-0.39, 0.29) is 6.61 Å². The normalized spacial score (nSPS) is 25.9. The molecule has 5 heteroatoms. The van der Waals surface area contributed by atoms with Crippen molar-refractivity contribution in [3.63, 3.8) is 0 Å². The molecule has 1 aromatic heterocycles. The van der Waals surface area contributed by atoms with Crippen molar-refractivity contribution >= 4 is 0 Å². The van der Waals surface area contributed by atoms with Crippen LogP contribution in [0.4, 0.5) is 0 Å². The molecule has 1 aliphatic rings. The van der Waals surface area contributed by atoms with Crippen LogP contribution in [0.25, 0.3) is 0 Å². The lowest BCUT2D eigenvalue weighted by molar-refractivity contribution is 0.151. The highest BCUT2D eigenvalue weighted by Gasteiger charge is 2.24. The molecule has 1 aromatic rings. The number of hydrogen-bond donors (Lipinski definition) is 2. The molecule has 1 aliphatic carbocycles. The van der Waals surface area contributed by atoms with Crippen LogP contribution < -0.4 is 5.32 Å². The van der Waals surface area contributed by atoms with E-state index in [0.717, 1.165) is 25.2 Å². The minimum Gasteiger partial charge on any atom is -0.396 e. The number of nitrogens with one attached hydrogen (secondary N) is 1. The molecule has 0 radical (unpaired) electrons. The summed E-state index contributed by atoms with van der Waals surface area (Å²) in [7, 11) is 1.90. The maximum atomic E-state index is 9.30. The maximum Gasteiger partial charge on any atom is 0.140 e. The van der Waals surface area contributed by atoms with Crippen molar-refractivity contribution in [1.29, 1.82) is 0 Å². The predicted molar refractivity (Wildman–Crippen MR) is 60.7 cm³/mol. The summed E-state index contributed by atoms with van der Waals surface area (Å²) in [5.41, 5.74) is 0. The SMILES string of the molecule is Cn1ncnc1CN[C@H]1CCCC[C@H]1CO. The fourth-order valence-electron chi connectivity index (χ4n) is 2.40. The van der Waals surface area contributed by atoms with Gasteiger partial charge in [0.2, 0.25) is 0 Å². The van der Waals surface area contributed by atoms with Gasteiger partial charge < -0.3 is 10.4 Å². The van der Waals surface area contributed by atoms with Gasteiger partial charge in [-0.05, 0) is 18.8 Å². The molecular formula is C11H20N4O. The van der Waals surface area contributed by atoms with Crippen molar-refractivity contribution in [2.45, 2.75) is 38.3 Å². The molecule has 1 heterocycles. The van der Waals surface area contributed by atoms with Crippen molar-refractivity contribution in [2.24, 2.45) is 13.0 Å². The second-order valence-electron chi connectivity index (χ2n) is 4.51. The summed E-state index contributed by atoms with van der Waals surface area (Å²) in [5.74, 6) is 1.35. The summed E-state index contributed by atoms with van der Waals surface area (Å²) < 4.78 is 1.78. The molecule has 2 rings (SSSR count). The van der Waals surface area contributed by atoms with Gasteiger partial charge in [0.25, 0.3) is 0 Å². The Kier molecular flexibility index (Phi) is 3.90. The molecule has 0 aliphatic heterocycles. The molecule has 90 valence electrons. The molecule has 0 amide bonds. The third-order valence-electron chi connectivity index (χ3n) is 3.47. The third-order valence-corrected chi connectivity index (χ3v) is 3.47. The molecule has 2 atom stereocenters. The van der Waals surface area contributed by atoms with Crippen LogP contribution in [-0.4, -0.2) is 32.5 Å². The molecule has 0 bridgehead atoms. The standard InChI is InChI=1S/C11H20N4O/c1-15-11(13-8-14-15)6-12-10-5-3-2-4-9(10)7-16/h8-10,12,16H,2-7H2,1H3/t9-,10-/m0/s1. The van der Waals surface area contributed by atoms with Crippen molar-refractivity contribution in [2.75, 3.05) is 6.61 Å². The van der Waals surface area contributed by atoms with E-state index in [4.69, 9.17) is 0 Å². The lowest BCUT2D eigenvalue weighted by Gasteiger charge is -2.30. The topological polar surface area (TPSA) is 63.0 Å². The highest BCUT2D eigenvalue weighted by atomic mass is 16.3. The van der Waals surface area contributed by atoms with E-state index in [1.165, 1.54) is 12.8 Å². The van der Waals surface area contributed by atoms with Gasteiger partial charge in [-0.15, -0.1) is 0 Å². The Hall–Kier alpha value is -0.940. The van der Waals surface area contributed by atoms with Crippen LogP contribution in [0.5, 0.6) is 0 Å². The van der Waals surface area contributed by atoms with Gasteiger partial charge in [0.05, 0.1) is 6.54 Å². The number of aromatic nitrogens is 3. The largest absolute Gasteiger partial charge is 0.396 e. The zero-order chi connectivity index (χ0) is 11.4. The lowest BCUT2D eigenvalue weighted by Crippen LogP contribution is -2.40. The smallest absolute Gasteiger partial charge is 0.140 e. The van der Waals surface area contributed by atoms with Crippen LogP contribution in [0.15, 0.2) is 6.33 Å². The third kappa shape index (κ3) is 2.59. The van der Waals surface area contributed by atoms with Crippen molar-refractivity contribution in [3.8, 4) is 0 Å². The fourth-order valence-corrected chi connectivity index (χ4v) is 2.40. The molecule has 1 fully saturated rings. The summed E-state index contributed by atoms with van der Waals surface area (Å²) >= 11 is 0. The van der Waals surface area contributed by atoms with Gasteiger partial charge in [-0.25, -0.2) is 4.98 Å². The molecule has 2 N–H and O–H groups in total. The van der Waals surface area contributed by atoms with Crippen molar-refractivity contribution in [3.05, 3.63) is 12.2 Å². The Morgan fingerprint density at radius 1 is 1.50 bits per heavy atom. The first-order chi connectivity index (χ1) is 7.81. The van der Waals surface area contributed by atoms with Crippen molar-refractivity contribution < 1.29 is 5.11 Å². The summed E-state index contributed by atoms with van der Waals surface area (Å²) in [6.45, 7) is 1.02. The van der Waals surface area contributed by atoms with Gasteiger partial charge in [0, 0.05) is 19.7 Å². The van der Waals surface area contributed by atoms with Crippen LogP contribution in [0, 0.1) is 5.92 Å². The number of nitrogens with zero attached hydrogens (tertiary/aromatic N) is 3. The Morgan fingerprint density at radius 2 is 2.31 bits per heavy atom. The summed E-state index contributed by atoms with van der Waals surface area (Å²) in [5, 5.41) is 16.8. The number of rotatable bonds is 4. The highest BCUT2D eigenvalue weighted by molar-refractivity contribution is 4.86. The first-order valence-corrected chi connectivity index (χ1v) is 5.98. The van der Waals surface area contributed by atoms with E-state index in [1.807, 2.05) is 7.05 Å². The number of aliphatic hydroxyl groups excluding tert-OH is 1. The average Bonchev–Trinajstić information content (AvgIpc) is 2.72. The molecule has 1 saturated carbocycles. The minimum absolute atomic E-state index is 0.288. The number of aliphatic hydroxyl groups is 1. The molecule has 5 nitrogen and oxygen atoms in total. The second kappa shape index (κ2) is 5.41. The van der Waals surface area contributed by atoms with Gasteiger partial charge in [-0.3, -0.25) is 4.68 Å². The number of aryl methyl sites for hydroxylation is 1. The Balaban J connectivity index is 1.86. The highest BCUT2D eigenvalue weighted by Crippen LogP contribution is 2.24. The quantitative estimate of drug-likeness (QED) is 0.779.